The van der Waals surface area contributed by atoms with Crippen molar-refractivity contribution < 1.29 is 19.1 Å². The number of nitrogens with zero attached hydrogens (tertiary/aromatic N) is 2. The summed E-state index contributed by atoms with van der Waals surface area (Å²) in [6, 6.07) is 14.8. The summed E-state index contributed by atoms with van der Waals surface area (Å²) in [6.07, 6.45) is 1.08. The SMILES string of the molecule is CCc1ccc(NC(=O)c2nnc(COC(=O)Cc3ccc(OC)cc3)s2)cc1. The minimum atomic E-state index is -0.382. The Morgan fingerprint density at radius 3 is 2.34 bits per heavy atom. The molecule has 0 aliphatic heterocycles. The van der Waals surface area contributed by atoms with Crippen LogP contribution in [0.2, 0.25) is 0 Å². The molecular weight excluding hydrogens is 390 g/mol. The van der Waals surface area contributed by atoms with Gasteiger partial charge in [-0.3, -0.25) is 9.59 Å². The smallest absolute Gasteiger partial charge is 0.310 e. The Morgan fingerprint density at radius 1 is 1.00 bits per heavy atom. The van der Waals surface area contributed by atoms with Crippen molar-refractivity contribution >= 4 is 28.9 Å². The van der Waals surface area contributed by atoms with Crippen LogP contribution in [-0.4, -0.2) is 29.2 Å². The fraction of sp³-hybridized carbons (Fsp3) is 0.238. The highest BCUT2D eigenvalue weighted by Crippen LogP contribution is 2.16. The van der Waals surface area contributed by atoms with Gasteiger partial charge in [0.05, 0.1) is 13.5 Å². The third kappa shape index (κ3) is 5.86. The average molecular weight is 411 g/mol. The molecule has 1 heterocycles. The Hall–Kier alpha value is -3.26. The van der Waals surface area contributed by atoms with Crippen molar-refractivity contribution in [1.29, 1.82) is 0 Å². The maximum absolute atomic E-state index is 12.3. The molecule has 0 bridgehead atoms. The highest BCUT2D eigenvalue weighted by atomic mass is 32.1. The lowest BCUT2D eigenvalue weighted by Crippen LogP contribution is -2.11. The van der Waals surface area contributed by atoms with Crippen molar-refractivity contribution in [2.45, 2.75) is 26.4 Å². The van der Waals surface area contributed by atoms with Gasteiger partial charge in [0.1, 0.15) is 12.4 Å². The molecule has 3 rings (SSSR count). The Labute approximate surface area is 172 Å². The van der Waals surface area contributed by atoms with Gasteiger partial charge in [0, 0.05) is 5.69 Å². The lowest BCUT2D eigenvalue weighted by Gasteiger charge is -2.04. The van der Waals surface area contributed by atoms with E-state index in [-0.39, 0.29) is 29.9 Å². The van der Waals surface area contributed by atoms with Crippen LogP contribution in [0.25, 0.3) is 0 Å². The van der Waals surface area contributed by atoms with E-state index in [9.17, 15) is 9.59 Å². The molecule has 1 N–H and O–H groups in total. The zero-order chi connectivity index (χ0) is 20.6. The number of hydrogen-bond acceptors (Lipinski definition) is 7. The molecule has 0 aliphatic carbocycles. The van der Waals surface area contributed by atoms with Crippen LogP contribution in [0.1, 0.15) is 32.9 Å². The van der Waals surface area contributed by atoms with Crippen LogP contribution in [0.3, 0.4) is 0 Å². The molecular formula is C21H21N3O4S. The molecule has 0 saturated carbocycles. The van der Waals surface area contributed by atoms with Gasteiger partial charge in [-0.2, -0.15) is 0 Å². The number of carbonyl (C=O) groups excluding carboxylic acids is 2. The Balaban J connectivity index is 1.49. The number of esters is 1. The number of carbonyl (C=O) groups is 2. The summed E-state index contributed by atoms with van der Waals surface area (Å²) in [6.45, 7) is 2.05. The van der Waals surface area contributed by atoms with Gasteiger partial charge < -0.3 is 14.8 Å². The Kier molecular flexibility index (Phi) is 6.91. The normalized spacial score (nSPS) is 10.4. The van der Waals surface area contributed by atoms with E-state index in [1.165, 1.54) is 5.56 Å². The second-order valence-electron chi connectivity index (χ2n) is 6.19. The molecule has 0 fully saturated rings. The van der Waals surface area contributed by atoms with Crippen LogP contribution in [0.4, 0.5) is 5.69 Å². The zero-order valence-electron chi connectivity index (χ0n) is 16.2. The molecule has 0 saturated heterocycles. The van der Waals surface area contributed by atoms with E-state index in [4.69, 9.17) is 9.47 Å². The molecule has 0 atom stereocenters. The molecule has 8 heteroatoms. The third-order valence-corrected chi connectivity index (χ3v) is 5.04. The molecule has 3 aromatic rings. The van der Waals surface area contributed by atoms with Gasteiger partial charge in [-0.1, -0.05) is 42.5 Å². The van der Waals surface area contributed by atoms with E-state index in [0.29, 0.717) is 10.7 Å². The van der Waals surface area contributed by atoms with Crippen LogP contribution >= 0.6 is 11.3 Å². The number of hydrogen-bond donors (Lipinski definition) is 1. The number of aryl methyl sites for hydroxylation is 1. The summed E-state index contributed by atoms with van der Waals surface area (Å²) in [7, 11) is 1.59. The van der Waals surface area contributed by atoms with Crippen LogP contribution in [-0.2, 0) is 29.0 Å². The molecule has 0 spiro atoms. The maximum atomic E-state index is 12.3. The van der Waals surface area contributed by atoms with Crippen LogP contribution < -0.4 is 10.1 Å². The van der Waals surface area contributed by atoms with Crippen molar-refractivity contribution in [3.8, 4) is 5.75 Å². The predicted molar refractivity (Wildman–Crippen MR) is 110 cm³/mol. The largest absolute Gasteiger partial charge is 0.497 e. The first kappa shape index (κ1) is 20.5. The number of aromatic nitrogens is 2. The highest BCUT2D eigenvalue weighted by Gasteiger charge is 2.14. The van der Waals surface area contributed by atoms with Gasteiger partial charge in [-0.15, -0.1) is 10.2 Å². The lowest BCUT2D eigenvalue weighted by atomic mass is 10.1. The first-order chi connectivity index (χ1) is 14.1. The Bertz CT molecular complexity index is 968. The first-order valence-corrected chi connectivity index (χ1v) is 9.90. The highest BCUT2D eigenvalue weighted by molar-refractivity contribution is 7.13. The molecule has 150 valence electrons. The van der Waals surface area contributed by atoms with E-state index in [1.54, 1.807) is 31.4 Å². The van der Waals surface area contributed by atoms with Crippen LogP contribution in [0.5, 0.6) is 5.75 Å². The van der Waals surface area contributed by atoms with Crippen molar-refractivity contribution in [1.82, 2.24) is 10.2 Å². The van der Waals surface area contributed by atoms with E-state index < -0.39 is 0 Å². The topological polar surface area (TPSA) is 90.4 Å². The van der Waals surface area contributed by atoms with E-state index >= 15 is 0 Å². The molecule has 0 radical (unpaired) electrons. The van der Waals surface area contributed by atoms with E-state index in [0.717, 1.165) is 29.1 Å². The van der Waals surface area contributed by atoms with Crippen molar-refractivity contribution in [3.05, 3.63) is 69.7 Å². The fourth-order valence-electron chi connectivity index (χ4n) is 2.52. The summed E-state index contributed by atoms with van der Waals surface area (Å²) in [5, 5.41) is 11.3. The second-order valence-corrected chi connectivity index (χ2v) is 7.25. The summed E-state index contributed by atoms with van der Waals surface area (Å²) in [5.74, 6) is -0.00182. The molecule has 2 aromatic carbocycles. The zero-order valence-corrected chi connectivity index (χ0v) is 17.0. The minimum Gasteiger partial charge on any atom is -0.497 e. The molecule has 1 amide bonds. The van der Waals surface area contributed by atoms with Gasteiger partial charge in [0.2, 0.25) is 5.01 Å². The van der Waals surface area contributed by atoms with Crippen LogP contribution in [0, 0.1) is 0 Å². The first-order valence-electron chi connectivity index (χ1n) is 9.08. The molecule has 0 unspecified atom stereocenters. The number of rotatable bonds is 8. The van der Waals surface area contributed by atoms with Crippen molar-refractivity contribution in [3.63, 3.8) is 0 Å². The molecule has 29 heavy (non-hydrogen) atoms. The Morgan fingerprint density at radius 2 is 1.69 bits per heavy atom. The quantitative estimate of drug-likeness (QED) is 0.569. The van der Waals surface area contributed by atoms with Gasteiger partial charge in [0.25, 0.3) is 5.91 Å². The standard InChI is InChI=1S/C21H21N3O4S/c1-3-14-4-8-16(9-5-14)22-20(26)21-24-23-18(29-21)13-28-19(25)12-15-6-10-17(27-2)11-7-15/h4-11H,3,12-13H2,1-2H3,(H,22,26). The average Bonchev–Trinajstić information content (AvgIpc) is 3.23. The summed E-state index contributed by atoms with van der Waals surface area (Å²) in [4.78, 5) is 24.3. The monoisotopic (exact) mass is 411 g/mol. The van der Waals surface area contributed by atoms with Gasteiger partial charge >= 0.3 is 5.97 Å². The third-order valence-electron chi connectivity index (χ3n) is 4.15. The molecule has 1 aromatic heterocycles. The number of anilines is 1. The summed E-state index contributed by atoms with van der Waals surface area (Å²) >= 11 is 1.09. The molecule has 0 aliphatic rings. The predicted octanol–water partition coefficient (Wildman–Crippen LogP) is 3.65. The second kappa shape index (κ2) is 9.79. The van der Waals surface area contributed by atoms with E-state index in [1.807, 2.05) is 24.3 Å². The number of ether oxygens (including phenoxy) is 2. The number of nitrogens with one attached hydrogen (secondary N) is 1. The molecule has 7 nitrogen and oxygen atoms in total. The van der Waals surface area contributed by atoms with Gasteiger partial charge in [-0.25, -0.2) is 0 Å². The van der Waals surface area contributed by atoms with Crippen molar-refractivity contribution in [2.75, 3.05) is 12.4 Å². The van der Waals surface area contributed by atoms with Gasteiger partial charge in [-0.05, 0) is 41.8 Å². The fourth-order valence-corrected chi connectivity index (χ4v) is 3.16. The summed E-state index contributed by atoms with van der Waals surface area (Å²) < 4.78 is 10.3. The number of benzene rings is 2. The summed E-state index contributed by atoms with van der Waals surface area (Å²) in [5.41, 5.74) is 2.70. The van der Waals surface area contributed by atoms with Crippen LogP contribution in [0.15, 0.2) is 48.5 Å². The van der Waals surface area contributed by atoms with Crippen molar-refractivity contribution in [2.24, 2.45) is 0 Å². The number of methoxy groups -OCH3 is 1. The lowest BCUT2D eigenvalue weighted by molar-refractivity contribution is -0.144. The van der Waals surface area contributed by atoms with E-state index in [2.05, 4.69) is 22.4 Å². The maximum Gasteiger partial charge on any atom is 0.310 e. The number of amides is 1. The minimum absolute atomic E-state index is 0.0227. The van der Waals surface area contributed by atoms with Gasteiger partial charge in [0.15, 0.2) is 5.01 Å².